The normalized spacial score (nSPS) is 10.5. The fourth-order valence-corrected chi connectivity index (χ4v) is 3.19. The lowest BCUT2D eigenvalue weighted by atomic mass is 10.2. The quantitative estimate of drug-likeness (QED) is 0.536. The number of nitrogens with zero attached hydrogens (tertiary/aromatic N) is 1. The molecule has 0 fully saturated rings. The van der Waals surface area contributed by atoms with Crippen LogP contribution in [0.3, 0.4) is 0 Å². The second-order valence-electron chi connectivity index (χ2n) is 5.80. The highest BCUT2D eigenvalue weighted by Gasteiger charge is 2.09. The highest BCUT2D eigenvalue weighted by Crippen LogP contribution is 2.18. The molecule has 0 atom stereocenters. The minimum absolute atomic E-state index is 0.237. The van der Waals surface area contributed by atoms with Crippen molar-refractivity contribution in [1.29, 1.82) is 0 Å². The topological polar surface area (TPSA) is 71.1 Å². The summed E-state index contributed by atoms with van der Waals surface area (Å²) in [4.78, 5) is 29.4. The molecule has 5 nitrogen and oxygen atoms in total. The van der Waals surface area contributed by atoms with E-state index in [9.17, 15) is 9.59 Å². The lowest BCUT2D eigenvalue weighted by Crippen LogP contribution is -2.42. The number of carbonyl (C=O) groups is 2. The van der Waals surface area contributed by atoms with Crippen molar-refractivity contribution < 1.29 is 9.59 Å². The van der Waals surface area contributed by atoms with E-state index < -0.39 is 5.91 Å². The van der Waals surface area contributed by atoms with E-state index in [0.717, 1.165) is 15.8 Å². The highest BCUT2D eigenvalue weighted by molar-refractivity contribution is 7.99. The van der Waals surface area contributed by atoms with Gasteiger partial charge in [0.2, 0.25) is 5.91 Å². The number of pyridine rings is 1. The Kier molecular flexibility index (Phi) is 5.86. The molecule has 0 radical (unpaired) electrons. The number of aromatic nitrogens is 1. The van der Waals surface area contributed by atoms with Crippen LogP contribution in [0.25, 0.3) is 10.9 Å². The molecule has 0 saturated heterocycles. The maximum atomic E-state index is 12.1. The van der Waals surface area contributed by atoms with Gasteiger partial charge in [0.1, 0.15) is 5.69 Å². The highest BCUT2D eigenvalue weighted by atomic mass is 32.2. The van der Waals surface area contributed by atoms with Gasteiger partial charge >= 0.3 is 0 Å². The lowest BCUT2D eigenvalue weighted by molar-refractivity contribution is -0.121. The first-order valence-corrected chi connectivity index (χ1v) is 9.25. The fraction of sp³-hybridized carbons (Fsp3) is 0.150. The molecule has 0 unspecified atom stereocenters. The fourth-order valence-electron chi connectivity index (χ4n) is 2.34. The maximum Gasteiger partial charge on any atom is 0.288 e. The second kappa shape index (κ2) is 8.49. The third-order valence-electron chi connectivity index (χ3n) is 3.77. The number of nitrogens with one attached hydrogen (secondary N) is 2. The Morgan fingerprint density at radius 3 is 2.54 bits per heavy atom. The minimum Gasteiger partial charge on any atom is -0.273 e. The zero-order chi connectivity index (χ0) is 18.4. The van der Waals surface area contributed by atoms with Crippen LogP contribution in [0.1, 0.15) is 22.5 Å². The van der Waals surface area contributed by atoms with Gasteiger partial charge in [-0.2, -0.15) is 0 Å². The minimum atomic E-state index is -0.435. The van der Waals surface area contributed by atoms with Gasteiger partial charge in [-0.3, -0.25) is 20.4 Å². The van der Waals surface area contributed by atoms with Crippen LogP contribution in [0.4, 0.5) is 0 Å². The first kappa shape index (κ1) is 17.9. The molecule has 132 valence electrons. The molecule has 2 N–H and O–H groups in total. The van der Waals surface area contributed by atoms with E-state index in [2.05, 4.69) is 15.8 Å². The third kappa shape index (κ3) is 4.83. The Hall–Kier alpha value is -2.86. The van der Waals surface area contributed by atoms with Gasteiger partial charge in [-0.15, -0.1) is 11.8 Å². The largest absolute Gasteiger partial charge is 0.288 e. The van der Waals surface area contributed by atoms with Gasteiger partial charge in [0.25, 0.3) is 5.91 Å². The summed E-state index contributed by atoms with van der Waals surface area (Å²) in [5.41, 5.74) is 7.05. The smallest absolute Gasteiger partial charge is 0.273 e. The summed E-state index contributed by atoms with van der Waals surface area (Å²) in [6.07, 6.45) is 0.309. The number of fused-ring (bicyclic) bond motifs is 1. The number of hydrogen-bond acceptors (Lipinski definition) is 4. The van der Waals surface area contributed by atoms with Crippen molar-refractivity contribution in [2.45, 2.75) is 18.2 Å². The van der Waals surface area contributed by atoms with Crippen LogP contribution in [-0.2, 0) is 4.79 Å². The van der Waals surface area contributed by atoms with Crippen molar-refractivity contribution in [2.24, 2.45) is 0 Å². The Morgan fingerprint density at radius 1 is 0.962 bits per heavy atom. The molecule has 1 heterocycles. The number of hydrazine groups is 1. The number of aryl methyl sites for hydroxylation is 1. The molecule has 1 aromatic heterocycles. The van der Waals surface area contributed by atoms with Crippen LogP contribution in [0.15, 0.2) is 65.6 Å². The molecule has 2 amide bonds. The van der Waals surface area contributed by atoms with Gasteiger partial charge in [-0.05, 0) is 31.2 Å². The number of thioether (sulfide) groups is 1. The molecule has 3 rings (SSSR count). The van der Waals surface area contributed by atoms with Crippen LogP contribution in [0.5, 0.6) is 0 Å². The molecule has 0 spiro atoms. The number of carbonyl (C=O) groups excluding carboxylic acids is 2. The number of amides is 2. The van der Waals surface area contributed by atoms with E-state index in [1.807, 2.05) is 61.5 Å². The first-order valence-electron chi connectivity index (χ1n) is 8.26. The van der Waals surface area contributed by atoms with Crippen molar-refractivity contribution in [2.75, 3.05) is 5.75 Å². The molecule has 0 aliphatic carbocycles. The summed E-state index contributed by atoms with van der Waals surface area (Å²) in [5, 5.41) is 0.959. The van der Waals surface area contributed by atoms with Gasteiger partial charge in [0.15, 0.2) is 0 Å². The molecule has 0 aliphatic heterocycles. The van der Waals surface area contributed by atoms with Gasteiger partial charge in [-0.25, -0.2) is 4.98 Å². The monoisotopic (exact) mass is 365 g/mol. The molecule has 2 aromatic carbocycles. The van der Waals surface area contributed by atoms with Gasteiger partial charge in [0.05, 0.1) is 5.52 Å². The first-order chi connectivity index (χ1) is 12.6. The van der Waals surface area contributed by atoms with Gasteiger partial charge in [-0.1, -0.05) is 42.0 Å². The Morgan fingerprint density at radius 2 is 1.73 bits per heavy atom. The Bertz CT molecular complexity index is 926. The summed E-state index contributed by atoms with van der Waals surface area (Å²) >= 11 is 1.60. The van der Waals surface area contributed by atoms with Crippen molar-refractivity contribution in [3.8, 4) is 0 Å². The second-order valence-corrected chi connectivity index (χ2v) is 6.97. The predicted octanol–water partition coefficient (Wildman–Crippen LogP) is 3.49. The summed E-state index contributed by atoms with van der Waals surface area (Å²) in [5.74, 6) is -0.0343. The third-order valence-corrected chi connectivity index (χ3v) is 4.78. The molecular weight excluding hydrogens is 346 g/mol. The standard InChI is InChI=1S/C20H19N3O2S/c1-14-6-9-16(10-7-14)26-13-12-19(24)22-23-20(25)18-11-8-15-4-2-3-5-17(15)21-18/h2-11H,12-13H2,1H3,(H,22,24)(H,23,25). The van der Waals surface area contributed by atoms with E-state index in [0.29, 0.717) is 12.2 Å². The van der Waals surface area contributed by atoms with Crippen molar-refractivity contribution in [1.82, 2.24) is 15.8 Å². The van der Waals surface area contributed by atoms with E-state index in [4.69, 9.17) is 0 Å². The average molecular weight is 365 g/mol. The zero-order valence-electron chi connectivity index (χ0n) is 14.4. The molecule has 0 saturated carbocycles. The summed E-state index contributed by atoms with van der Waals surface area (Å²) < 4.78 is 0. The van der Waals surface area contributed by atoms with Crippen molar-refractivity contribution in [3.05, 3.63) is 71.9 Å². The molecule has 0 aliphatic rings. The molecule has 3 aromatic rings. The van der Waals surface area contributed by atoms with Crippen LogP contribution >= 0.6 is 11.8 Å². The predicted molar refractivity (Wildman–Crippen MR) is 104 cm³/mol. The van der Waals surface area contributed by atoms with Gasteiger partial charge in [0, 0.05) is 22.5 Å². The number of para-hydroxylation sites is 1. The molecule has 26 heavy (non-hydrogen) atoms. The summed E-state index contributed by atoms with van der Waals surface area (Å²) in [6, 6.07) is 19.2. The van der Waals surface area contributed by atoms with E-state index in [1.165, 1.54) is 5.56 Å². The summed E-state index contributed by atoms with van der Waals surface area (Å²) in [7, 11) is 0. The summed E-state index contributed by atoms with van der Waals surface area (Å²) in [6.45, 7) is 2.04. The number of hydrogen-bond donors (Lipinski definition) is 2. The zero-order valence-corrected chi connectivity index (χ0v) is 15.2. The SMILES string of the molecule is Cc1ccc(SCCC(=O)NNC(=O)c2ccc3ccccc3n2)cc1. The van der Waals surface area contributed by atoms with Crippen molar-refractivity contribution in [3.63, 3.8) is 0 Å². The lowest BCUT2D eigenvalue weighted by Gasteiger charge is -2.07. The Labute approximate surface area is 156 Å². The molecule has 6 heteroatoms. The number of rotatable bonds is 5. The van der Waals surface area contributed by atoms with Crippen LogP contribution in [0, 0.1) is 6.92 Å². The average Bonchev–Trinajstić information content (AvgIpc) is 2.67. The number of benzene rings is 2. The van der Waals surface area contributed by atoms with E-state index in [1.54, 1.807) is 17.8 Å². The van der Waals surface area contributed by atoms with E-state index in [-0.39, 0.29) is 11.6 Å². The Balaban J connectivity index is 1.45. The van der Waals surface area contributed by atoms with E-state index >= 15 is 0 Å². The molecular formula is C20H19N3O2S. The van der Waals surface area contributed by atoms with Crippen LogP contribution in [0.2, 0.25) is 0 Å². The van der Waals surface area contributed by atoms with Crippen molar-refractivity contribution >= 4 is 34.5 Å². The molecule has 0 bridgehead atoms. The van der Waals surface area contributed by atoms with Gasteiger partial charge < -0.3 is 0 Å². The maximum absolute atomic E-state index is 12.1. The van der Waals surface area contributed by atoms with Crippen LogP contribution < -0.4 is 10.9 Å². The van der Waals surface area contributed by atoms with Crippen LogP contribution in [-0.4, -0.2) is 22.6 Å².